The van der Waals surface area contributed by atoms with Gasteiger partial charge in [0.2, 0.25) is 0 Å². The van der Waals surface area contributed by atoms with Crippen LogP contribution in [0.5, 0.6) is 0 Å². The summed E-state index contributed by atoms with van der Waals surface area (Å²) in [5, 5.41) is 10.7. The number of carbonyl (C=O) groups excluding carboxylic acids is 1. The van der Waals surface area contributed by atoms with Crippen LogP contribution in [-0.2, 0) is 0 Å². The average molecular weight is 300 g/mol. The highest BCUT2D eigenvalue weighted by Crippen LogP contribution is 2.26. The molecule has 1 aromatic carbocycles. The number of nitrogens with zero attached hydrogens (tertiary/aromatic N) is 1. The van der Waals surface area contributed by atoms with Crippen LogP contribution in [0.2, 0.25) is 0 Å². The van der Waals surface area contributed by atoms with Crippen LogP contribution >= 0.6 is 0 Å². The van der Waals surface area contributed by atoms with Gasteiger partial charge in [-0.2, -0.15) is 0 Å². The van der Waals surface area contributed by atoms with E-state index in [4.69, 9.17) is 0 Å². The molecule has 0 spiro atoms. The van der Waals surface area contributed by atoms with Crippen LogP contribution in [0.4, 0.5) is 0 Å². The number of aryl methyl sites for hydroxylation is 2. The van der Waals surface area contributed by atoms with Gasteiger partial charge in [0.15, 0.2) is 0 Å². The van der Waals surface area contributed by atoms with Crippen molar-refractivity contribution >= 4 is 16.8 Å². The number of rotatable bonds is 3. The van der Waals surface area contributed by atoms with E-state index in [1.807, 2.05) is 11.0 Å². The van der Waals surface area contributed by atoms with Crippen molar-refractivity contribution in [1.29, 1.82) is 0 Å². The third-order valence-corrected chi connectivity index (χ3v) is 4.57. The summed E-state index contributed by atoms with van der Waals surface area (Å²) in [6.45, 7) is 6.71. The molecular weight excluding hydrogens is 276 g/mol. The van der Waals surface area contributed by atoms with Gasteiger partial charge in [0, 0.05) is 23.5 Å². The predicted molar refractivity (Wildman–Crippen MR) is 88.1 cm³/mol. The number of carbonyl (C=O) groups is 1. The number of hydrogen-bond acceptors (Lipinski definition) is 2. The molecule has 2 N–H and O–H groups in total. The Balaban J connectivity index is 1.90. The second-order valence-corrected chi connectivity index (χ2v) is 6.61. The highest BCUT2D eigenvalue weighted by Gasteiger charge is 2.30. The number of aliphatic hydroxyl groups is 1. The Bertz CT molecular complexity index is 702. The van der Waals surface area contributed by atoms with Crippen LogP contribution in [0.25, 0.3) is 10.9 Å². The molecule has 4 heteroatoms. The molecule has 118 valence electrons. The van der Waals surface area contributed by atoms with Gasteiger partial charge in [-0.1, -0.05) is 6.07 Å². The van der Waals surface area contributed by atoms with Crippen molar-refractivity contribution in [3.05, 3.63) is 35.0 Å². The van der Waals surface area contributed by atoms with Gasteiger partial charge in [-0.05, 0) is 63.3 Å². The van der Waals surface area contributed by atoms with E-state index < -0.39 is 0 Å². The number of H-pyrrole nitrogens is 1. The summed E-state index contributed by atoms with van der Waals surface area (Å²) >= 11 is 0. The molecule has 0 aliphatic carbocycles. The summed E-state index contributed by atoms with van der Waals surface area (Å²) in [5.41, 5.74) is 4.06. The van der Waals surface area contributed by atoms with Crippen molar-refractivity contribution in [3.63, 3.8) is 0 Å². The topological polar surface area (TPSA) is 56.3 Å². The quantitative estimate of drug-likeness (QED) is 0.915. The molecule has 1 aromatic heterocycles. The molecule has 2 atom stereocenters. The first-order valence-electron chi connectivity index (χ1n) is 8.04. The number of hydrogen-bond donors (Lipinski definition) is 2. The number of benzene rings is 1. The van der Waals surface area contributed by atoms with Crippen molar-refractivity contribution in [2.75, 3.05) is 6.54 Å². The number of aromatic amines is 1. The molecule has 1 amide bonds. The lowest BCUT2D eigenvalue weighted by molar-refractivity contribution is 0.0677. The normalized spacial score (nSPS) is 19.8. The zero-order chi connectivity index (χ0) is 15.9. The third-order valence-electron chi connectivity index (χ3n) is 4.57. The van der Waals surface area contributed by atoms with Gasteiger partial charge in [0.25, 0.3) is 5.91 Å². The monoisotopic (exact) mass is 300 g/mol. The van der Waals surface area contributed by atoms with Gasteiger partial charge in [-0.15, -0.1) is 0 Å². The van der Waals surface area contributed by atoms with Crippen molar-refractivity contribution in [3.8, 4) is 0 Å². The SMILES string of the molecule is Cc1cc(C)c2cc(C(=O)N3CCCC3CC(C)O)[nH]c2c1. The maximum atomic E-state index is 12.8. The second-order valence-electron chi connectivity index (χ2n) is 6.61. The van der Waals surface area contributed by atoms with Crippen LogP contribution in [0.15, 0.2) is 18.2 Å². The largest absolute Gasteiger partial charge is 0.393 e. The zero-order valence-corrected chi connectivity index (χ0v) is 13.5. The molecule has 1 aliphatic rings. The summed E-state index contributed by atoms with van der Waals surface area (Å²) in [6, 6.07) is 6.33. The summed E-state index contributed by atoms with van der Waals surface area (Å²) in [6.07, 6.45) is 2.28. The fraction of sp³-hybridized carbons (Fsp3) is 0.500. The van der Waals surface area contributed by atoms with Gasteiger partial charge < -0.3 is 15.0 Å². The number of amides is 1. The van der Waals surface area contributed by atoms with Crippen LogP contribution < -0.4 is 0 Å². The van der Waals surface area contributed by atoms with Crippen LogP contribution in [0.3, 0.4) is 0 Å². The van der Waals surface area contributed by atoms with Gasteiger partial charge in [-0.3, -0.25) is 4.79 Å². The lowest BCUT2D eigenvalue weighted by Gasteiger charge is -2.25. The standard InChI is InChI=1S/C18H24N2O2/c1-11-7-12(2)15-10-17(19-16(15)8-11)18(22)20-6-4-5-14(20)9-13(3)21/h7-8,10,13-14,19,21H,4-6,9H2,1-3H3. The van der Waals surface area contributed by atoms with Crippen LogP contribution in [0, 0.1) is 13.8 Å². The summed E-state index contributed by atoms with van der Waals surface area (Å²) in [5.74, 6) is 0.0522. The highest BCUT2D eigenvalue weighted by molar-refractivity contribution is 5.99. The average Bonchev–Trinajstić information content (AvgIpc) is 3.03. The molecule has 0 saturated carbocycles. The maximum Gasteiger partial charge on any atom is 0.270 e. The lowest BCUT2D eigenvalue weighted by Crippen LogP contribution is -2.37. The molecule has 2 aromatic rings. The minimum absolute atomic E-state index is 0.0522. The van der Waals surface area contributed by atoms with Crippen molar-refractivity contribution < 1.29 is 9.90 Å². The lowest BCUT2D eigenvalue weighted by atomic mass is 10.1. The molecule has 1 saturated heterocycles. The van der Waals surface area contributed by atoms with Crippen LogP contribution in [-0.4, -0.2) is 39.6 Å². The van der Waals surface area contributed by atoms with Crippen molar-refractivity contribution in [1.82, 2.24) is 9.88 Å². The van der Waals surface area contributed by atoms with E-state index in [1.165, 1.54) is 11.1 Å². The summed E-state index contributed by atoms with van der Waals surface area (Å²) in [4.78, 5) is 18.0. The smallest absolute Gasteiger partial charge is 0.270 e. The predicted octanol–water partition coefficient (Wildman–Crippen LogP) is 3.16. The molecule has 1 fully saturated rings. The fourth-order valence-electron chi connectivity index (χ4n) is 3.61. The number of aromatic nitrogens is 1. The Labute approximate surface area is 131 Å². The number of likely N-dealkylation sites (tertiary alicyclic amines) is 1. The zero-order valence-electron chi connectivity index (χ0n) is 13.5. The summed E-state index contributed by atoms with van der Waals surface area (Å²) < 4.78 is 0. The Morgan fingerprint density at radius 2 is 2.18 bits per heavy atom. The first-order valence-corrected chi connectivity index (χ1v) is 8.04. The van der Waals surface area contributed by atoms with Gasteiger partial charge >= 0.3 is 0 Å². The molecule has 0 radical (unpaired) electrons. The Kier molecular flexibility index (Phi) is 3.96. The van der Waals surface area contributed by atoms with E-state index in [2.05, 4.69) is 31.0 Å². The molecular formula is C18H24N2O2. The molecule has 2 heterocycles. The number of fused-ring (bicyclic) bond motifs is 1. The number of aliphatic hydroxyl groups excluding tert-OH is 1. The molecule has 0 bridgehead atoms. The van der Waals surface area contributed by atoms with E-state index in [0.717, 1.165) is 30.3 Å². The Morgan fingerprint density at radius 1 is 1.41 bits per heavy atom. The molecule has 3 rings (SSSR count). The van der Waals surface area contributed by atoms with E-state index >= 15 is 0 Å². The first kappa shape index (κ1) is 15.1. The van der Waals surface area contributed by atoms with E-state index in [9.17, 15) is 9.90 Å². The Hall–Kier alpha value is -1.81. The molecule has 4 nitrogen and oxygen atoms in total. The van der Waals surface area contributed by atoms with Crippen molar-refractivity contribution in [2.45, 2.75) is 52.2 Å². The van der Waals surface area contributed by atoms with Gasteiger partial charge in [-0.25, -0.2) is 0 Å². The van der Waals surface area contributed by atoms with Gasteiger partial charge in [0.05, 0.1) is 6.10 Å². The minimum atomic E-state index is -0.369. The van der Waals surface area contributed by atoms with E-state index in [-0.39, 0.29) is 18.1 Å². The van der Waals surface area contributed by atoms with Gasteiger partial charge in [0.1, 0.15) is 5.69 Å². The molecule has 22 heavy (non-hydrogen) atoms. The minimum Gasteiger partial charge on any atom is -0.393 e. The number of nitrogens with one attached hydrogen (secondary N) is 1. The Morgan fingerprint density at radius 3 is 2.91 bits per heavy atom. The highest BCUT2D eigenvalue weighted by atomic mass is 16.3. The first-order chi connectivity index (χ1) is 10.5. The second kappa shape index (κ2) is 5.76. The fourth-order valence-corrected chi connectivity index (χ4v) is 3.61. The van der Waals surface area contributed by atoms with E-state index in [0.29, 0.717) is 12.1 Å². The third kappa shape index (κ3) is 2.75. The van der Waals surface area contributed by atoms with Crippen LogP contribution in [0.1, 0.15) is 47.8 Å². The van der Waals surface area contributed by atoms with Crippen molar-refractivity contribution in [2.24, 2.45) is 0 Å². The summed E-state index contributed by atoms with van der Waals surface area (Å²) in [7, 11) is 0. The molecule has 2 unspecified atom stereocenters. The molecule has 1 aliphatic heterocycles. The maximum absolute atomic E-state index is 12.8. The van der Waals surface area contributed by atoms with E-state index in [1.54, 1.807) is 6.92 Å².